The second-order valence-electron chi connectivity index (χ2n) is 4.74. The summed E-state index contributed by atoms with van der Waals surface area (Å²) in [4.78, 5) is 4.05. The van der Waals surface area contributed by atoms with E-state index in [4.69, 9.17) is 0 Å². The van der Waals surface area contributed by atoms with E-state index in [9.17, 15) is 0 Å². The Bertz CT molecular complexity index is 256. The van der Waals surface area contributed by atoms with E-state index in [0.717, 1.165) is 19.1 Å². The van der Waals surface area contributed by atoms with Gasteiger partial charge in [-0.1, -0.05) is 33.1 Å². The summed E-state index contributed by atoms with van der Waals surface area (Å²) in [5.74, 6) is 0. The lowest BCUT2D eigenvalue weighted by atomic mass is 10.1. The van der Waals surface area contributed by atoms with Gasteiger partial charge in [0.1, 0.15) is 0 Å². The van der Waals surface area contributed by atoms with Crippen molar-refractivity contribution in [3.8, 4) is 0 Å². The van der Waals surface area contributed by atoms with Crippen LogP contribution in [0, 0.1) is 0 Å². The number of aromatic nitrogens is 2. The summed E-state index contributed by atoms with van der Waals surface area (Å²) in [5.41, 5.74) is 0. The van der Waals surface area contributed by atoms with Crippen molar-refractivity contribution in [3.63, 3.8) is 0 Å². The topological polar surface area (TPSA) is 29.9 Å². The highest BCUT2D eigenvalue weighted by Crippen LogP contribution is 2.06. The molecular weight excluding hydrogens is 210 g/mol. The summed E-state index contributed by atoms with van der Waals surface area (Å²) in [6, 6.07) is 0.725. The highest BCUT2D eigenvalue weighted by atomic mass is 15.0. The lowest BCUT2D eigenvalue weighted by Gasteiger charge is -2.17. The highest BCUT2D eigenvalue weighted by Gasteiger charge is 2.05. The number of aryl methyl sites for hydroxylation is 1. The Balaban J connectivity index is 2.08. The average molecular weight is 237 g/mol. The van der Waals surface area contributed by atoms with Crippen LogP contribution in [0.15, 0.2) is 18.7 Å². The van der Waals surface area contributed by atoms with Crippen LogP contribution < -0.4 is 5.32 Å². The molecule has 1 unspecified atom stereocenters. The number of nitrogens with zero attached hydrogens (tertiary/aromatic N) is 2. The summed E-state index contributed by atoms with van der Waals surface area (Å²) in [7, 11) is 0. The first-order valence-corrected chi connectivity index (χ1v) is 7.06. The van der Waals surface area contributed by atoms with Crippen molar-refractivity contribution in [3.05, 3.63) is 18.7 Å². The minimum atomic E-state index is 0.725. The Labute approximate surface area is 106 Å². The van der Waals surface area contributed by atoms with Crippen molar-refractivity contribution < 1.29 is 0 Å². The minimum Gasteiger partial charge on any atom is -0.337 e. The second kappa shape index (κ2) is 9.23. The maximum Gasteiger partial charge on any atom is 0.0945 e. The van der Waals surface area contributed by atoms with Crippen molar-refractivity contribution in [1.29, 1.82) is 0 Å². The third kappa shape index (κ3) is 6.47. The van der Waals surface area contributed by atoms with Gasteiger partial charge in [0.05, 0.1) is 6.33 Å². The molecule has 0 aliphatic rings. The molecule has 0 aliphatic carbocycles. The molecule has 1 N–H and O–H groups in total. The van der Waals surface area contributed by atoms with E-state index in [0.29, 0.717) is 0 Å². The van der Waals surface area contributed by atoms with Crippen LogP contribution >= 0.6 is 0 Å². The minimum absolute atomic E-state index is 0.725. The molecule has 0 saturated carbocycles. The van der Waals surface area contributed by atoms with Gasteiger partial charge in [-0.25, -0.2) is 4.98 Å². The molecule has 0 saturated heterocycles. The van der Waals surface area contributed by atoms with E-state index in [1.165, 1.54) is 38.5 Å². The summed E-state index contributed by atoms with van der Waals surface area (Å²) < 4.78 is 2.14. The first-order chi connectivity index (χ1) is 8.36. The number of hydrogen-bond donors (Lipinski definition) is 1. The smallest absolute Gasteiger partial charge is 0.0945 e. The zero-order valence-corrected chi connectivity index (χ0v) is 11.4. The van der Waals surface area contributed by atoms with Gasteiger partial charge in [0.25, 0.3) is 0 Å². The Morgan fingerprint density at radius 3 is 2.71 bits per heavy atom. The molecule has 17 heavy (non-hydrogen) atoms. The Kier molecular flexibility index (Phi) is 7.72. The third-order valence-electron chi connectivity index (χ3n) is 3.13. The summed E-state index contributed by atoms with van der Waals surface area (Å²) >= 11 is 0. The molecule has 0 amide bonds. The second-order valence-corrected chi connectivity index (χ2v) is 4.74. The van der Waals surface area contributed by atoms with Gasteiger partial charge in [-0.3, -0.25) is 0 Å². The van der Waals surface area contributed by atoms with Crippen molar-refractivity contribution in [2.45, 2.75) is 65.0 Å². The van der Waals surface area contributed by atoms with Crippen molar-refractivity contribution in [1.82, 2.24) is 14.9 Å². The lowest BCUT2D eigenvalue weighted by molar-refractivity contribution is 0.425. The molecule has 1 rings (SSSR count). The Hall–Kier alpha value is -0.830. The maximum atomic E-state index is 4.05. The summed E-state index contributed by atoms with van der Waals surface area (Å²) in [6.45, 7) is 6.72. The van der Waals surface area contributed by atoms with Gasteiger partial charge < -0.3 is 9.88 Å². The fourth-order valence-corrected chi connectivity index (χ4v) is 2.13. The summed E-state index contributed by atoms with van der Waals surface area (Å²) in [5, 5.41) is 3.68. The van der Waals surface area contributed by atoms with Crippen LogP contribution in [0.3, 0.4) is 0 Å². The first-order valence-electron chi connectivity index (χ1n) is 7.06. The van der Waals surface area contributed by atoms with E-state index >= 15 is 0 Å². The summed E-state index contributed by atoms with van der Waals surface area (Å²) in [6.07, 6.45) is 13.5. The molecule has 0 bridgehead atoms. The van der Waals surface area contributed by atoms with Crippen LogP contribution in [0.4, 0.5) is 0 Å². The van der Waals surface area contributed by atoms with Crippen LogP contribution in [0.25, 0.3) is 0 Å². The van der Waals surface area contributed by atoms with E-state index in [1.54, 1.807) is 0 Å². The van der Waals surface area contributed by atoms with Gasteiger partial charge in [-0.2, -0.15) is 0 Å². The van der Waals surface area contributed by atoms with Crippen LogP contribution in [0.1, 0.15) is 52.4 Å². The standard InChI is InChI=1S/C14H27N3/c1-3-5-8-14(7-4-2)16-9-6-11-17-12-10-15-13-17/h10,12-14,16H,3-9,11H2,1-2H3. The normalized spacial score (nSPS) is 12.8. The third-order valence-corrected chi connectivity index (χ3v) is 3.13. The van der Waals surface area contributed by atoms with Crippen LogP contribution in [-0.2, 0) is 6.54 Å². The zero-order chi connectivity index (χ0) is 12.3. The Morgan fingerprint density at radius 1 is 1.18 bits per heavy atom. The number of unbranched alkanes of at least 4 members (excludes halogenated alkanes) is 1. The lowest BCUT2D eigenvalue weighted by Crippen LogP contribution is -2.30. The molecule has 3 nitrogen and oxygen atoms in total. The van der Waals surface area contributed by atoms with E-state index in [-0.39, 0.29) is 0 Å². The molecule has 1 aromatic rings. The molecular formula is C14H27N3. The van der Waals surface area contributed by atoms with Gasteiger partial charge in [-0.05, 0) is 25.8 Å². The molecule has 98 valence electrons. The van der Waals surface area contributed by atoms with Crippen molar-refractivity contribution >= 4 is 0 Å². The molecule has 0 aliphatic heterocycles. The Morgan fingerprint density at radius 2 is 2.06 bits per heavy atom. The SMILES string of the molecule is CCCCC(CCC)NCCCn1ccnc1. The zero-order valence-electron chi connectivity index (χ0n) is 11.4. The first kappa shape index (κ1) is 14.2. The largest absolute Gasteiger partial charge is 0.337 e. The highest BCUT2D eigenvalue weighted by molar-refractivity contribution is 4.74. The van der Waals surface area contributed by atoms with Crippen molar-refractivity contribution in [2.75, 3.05) is 6.54 Å². The molecule has 0 radical (unpaired) electrons. The van der Waals surface area contributed by atoms with E-state index < -0.39 is 0 Å². The molecule has 3 heteroatoms. The fraction of sp³-hybridized carbons (Fsp3) is 0.786. The average Bonchev–Trinajstić information content (AvgIpc) is 2.84. The maximum absolute atomic E-state index is 4.05. The van der Waals surface area contributed by atoms with Gasteiger partial charge >= 0.3 is 0 Å². The number of rotatable bonds is 10. The monoisotopic (exact) mass is 237 g/mol. The van der Waals surface area contributed by atoms with Crippen LogP contribution in [0.2, 0.25) is 0 Å². The van der Waals surface area contributed by atoms with Crippen molar-refractivity contribution in [2.24, 2.45) is 0 Å². The van der Waals surface area contributed by atoms with Gasteiger partial charge in [0, 0.05) is 25.0 Å². The number of nitrogens with one attached hydrogen (secondary N) is 1. The fourth-order valence-electron chi connectivity index (χ4n) is 2.13. The molecule has 1 aromatic heterocycles. The predicted octanol–water partition coefficient (Wildman–Crippen LogP) is 3.22. The molecule has 0 spiro atoms. The van der Waals surface area contributed by atoms with Crippen LogP contribution in [0.5, 0.6) is 0 Å². The van der Waals surface area contributed by atoms with E-state index in [2.05, 4.69) is 28.7 Å². The molecule has 1 heterocycles. The van der Waals surface area contributed by atoms with Gasteiger partial charge in [-0.15, -0.1) is 0 Å². The van der Waals surface area contributed by atoms with Gasteiger partial charge in [0.15, 0.2) is 0 Å². The van der Waals surface area contributed by atoms with E-state index in [1.807, 2.05) is 18.7 Å². The molecule has 0 aromatic carbocycles. The molecule has 1 atom stereocenters. The number of imidazole rings is 1. The quantitative estimate of drug-likeness (QED) is 0.633. The molecule has 0 fully saturated rings. The number of hydrogen-bond acceptors (Lipinski definition) is 2. The predicted molar refractivity (Wildman–Crippen MR) is 73.1 cm³/mol. The van der Waals surface area contributed by atoms with Gasteiger partial charge in [0.2, 0.25) is 0 Å². The van der Waals surface area contributed by atoms with Crippen LogP contribution in [-0.4, -0.2) is 22.1 Å².